The first-order valence-corrected chi connectivity index (χ1v) is 25.6. The number of amides is 3. The van der Waals surface area contributed by atoms with Crippen molar-refractivity contribution in [1.29, 1.82) is 0 Å². The highest BCUT2D eigenvalue weighted by Gasteiger charge is 2.66. The van der Waals surface area contributed by atoms with Crippen LogP contribution in [0, 0.1) is 5.92 Å². The van der Waals surface area contributed by atoms with Gasteiger partial charge in [0.1, 0.15) is 5.75 Å². The summed E-state index contributed by atoms with van der Waals surface area (Å²) >= 11 is 0. The molecule has 0 aliphatic carbocycles. The molecule has 0 saturated carbocycles. The molecule has 1 aromatic heterocycles. The minimum atomic E-state index is -2.57. The fourth-order valence-electron chi connectivity index (χ4n) is 10.7. The van der Waals surface area contributed by atoms with E-state index in [-0.39, 0.29) is 61.1 Å². The number of fused-ring (bicyclic) bond motifs is 2. The fraction of sp³-hybridized carbons (Fsp3) is 0.380. The van der Waals surface area contributed by atoms with Crippen molar-refractivity contribution in [2.24, 2.45) is 5.92 Å². The van der Waals surface area contributed by atoms with Crippen molar-refractivity contribution >= 4 is 60.0 Å². The van der Waals surface area contributed by atoms with Gasteiger partial charge in [0.25, 0.3) is 5.91 Å². The molecule has 1 spiro atoms. The summed E-state index contributed by atoms with van der Waals surface area (Å²) in [7, 11) is -0.938. The SMILES string of the molecule is COc1ccc([Si](C)(C)[C@H]2[C@H](CCn3cc(C(CO)c4ccccc4)nn3)O[C@@]3(C(=O)N(Cc4ccc(N5C(=O)CC5OC(C)=O)cc4)c4ccc(N5C(=O)CC5OC(C)=O)cc43)[C@@H]2C)cc1. The number of aromatic nitrogens is 3. The molecule has 9 rings (SSSR count). The average Bonchev–Trinajstić information content (AvgIpc) is 3.96. The van der Waals surface area contributed by atoms with E-state index in [9.17, 15) is 24.3 Å². The molecule has 3 saturated heterocycles. The van der Waals surface area contributed by atoms with Gasteiger partial charge >= 0.3 is 11.9 Å². The summed E-state index contributed by atoms with van der Waals surface area (Å²) in [5, 5.41) is 20.5. The maximum absolute atomic E-state index is 15.7. The van der Waals surface area contributed by atoms with Gasteiger partial charge in [-0.1, -0.05) is 85.0 Å². The van der Waals surface area contributed by atoms with E-state index in [1.807, 2.05) is 72.9 Å². The van der Waals surface area contributed by atoms with Gasteiger partial charge in [-0.25, -0.2) is 0 Å². The molecule has 348 valence electrons. The highest BCUT2D eigenvalue weighted by molar-refractivity contribution is 6.91. The van der Waals surface area contributed by atoms with Crippen LogP contribution in [0.2, 0.25) is 18.6 Å². The second kappa shape index (κ2) is 17.8. The second-order valence-corrected chi connectivity index (χ2v) is 23.0. The van der Waals surface area contributed by atoms with E-state index in [1.54, 1.807) is 34.9 Å². The van der Waals surface area contributed by atoms with Crippen LogP contribution in [0.1, 0.15) is 68.3 Å². The number of carbonyl (C=O) groups excluding carboxylic acids is 5. The number of carbonyl (C=O) groups is 5. The number of aryl methyl sites for hydroxylation is 1. The Balaban J connectivity index is 1.09. The summed E-state index contributed by atoms with van der Waals surface area (Å²) in [6, 6.07) is 30.5. The van der Waals surface area contributed by atoms with Crippen molar-refractivity contribution in [1.82, 2.24) is 15.0 Å². The quantitative estimate of drug-likeness (QED) is 0.0791. The van der Waals surface area contributed by atoms with Crippen LogP contribution in [0.5, 0.6) is 5.75 Å². The van der Waals surface area contributed by atoms with E-state index >= 15 is 4.79 Å². The number of nitrogens with zero attached hydrogens (tertiary/aromatic N) is 6. The number of β-lactam (4-membered cyclic amide) rings is 2. The molecule has 67 heavy (non-hydrogen) atoms. The van der Waals surface area contributed by atoms with Gasteiger partial charge in [0, 0.05) is 49.4 Å². The zero-order valence-corrected chi connectivity index (χ0v) is 39.3. The number of esters is 2. The van der Waals surface area contributed by atoms with Crippen molar-refractivity contribution in [3.63, 3.8) is 0 Å². The highest BCUT2D eigenvalue weighted by Crippen LogP contribution is 2.61. The topological polar surface area (TPSA) is 183 Å². The molecule has 4 aromatic carbocycles. The third-order valence-electron chi connectivity index (χ3n) is 14.0. The molecule has 3 unspecified atom stereocenters. The molecule has 3 fully saturated rings. The van der Waals surface area contributed by atoms with Crippen LogP contribution in [-0.2, 0) is 56.9 Å². The van der Waals surface area contributed by atoms with Crippen LogP contribution in [-0.4, -0.2) is 90.1 Å². The lowest BCUT2D eigenvalue weighted by molar-refractivity contribution is -0.155. The van der Waals surface area contributed by atoms with Gasteiger partial charge in [-0.2, -0.15) is 0 Å². The van der Waals surface area contributed by atoms with Crippen molar-refractivity contribution in [3.8, 4) is 5.75 Å². The standard InChI is InChI=1S/C50H54N6O10Si/c1-30-48(67(5,6)38-19-17-37(63-4)18-20-38)43(22-23-53-28-41(51-52-53)39(29-57)34-10-8-7-9-11-34)66-50(30)40-24-36(56-45(61)26-47(56)65-32(3)59)16-21-42(40)54(49(50)62)27-33-12-14-35(15-13-33)55-44(60)25-46(55)64-31(2)58/h7-21,24,28,30,39,43,46-48,57H,22-23,25-27,29H2,1-6H3/t30-,39?,43+,46?,47?,48-,50+/m1/s1. The Kier molecular flexibility index (Phi) is 12.1. The van der Waals surface area contributed by atoms with Crippen molar-refractivity contribution in [2.75, 3.05) is 28.4 Å². The third kappa shape index (κ3) is 8.07. The van der Waals surface area contributed by atoms with Crippen molar-refractivity contribution < 1.29 is 48.0 Å². The van der Waals surface area contributed by atoms with Gasteiger partial charge in [-0.05, 0) is 65.6 Å². The van der Waals surface area contributed by atoms with E-state index < -0.39 is 44.2 Å². The lowest BCUT2D eigenvalue weighted by atomic mass is 9.82. The largest absolute Gasteiger partial charge is 0.497 e. The number of anilines is 3. The molecule has 3 amide bonds. The maximum atomic E-state index is 15.7. The van der Waals surface area contributed by atoms with E-state index in [0.29, 0.717) is 41.3 Å². The molecule has 4 aliphatic rings. The molecule has 5 aromatic rings. The van der Waals surface area contributed by atoms with Gasteiger partial charge in [-0.3, -0.25) is 38.5 Å². The summed E-state index contributed by atoms with van der Waals surface area (Å²) in [5.41, 5.74) is 3.00. The van der Waals surface area contributed by atoms with Crippen LogP contribution in [0.25, 0.3) is 0 Å². The van der Waals surface area contributed by atoms with Crippen LogP contribution >= 0.6 is 0 Å². The van der Waals surface area contributed by atoms with E-state index in [2.05, 4.69) is 42.5 Å². The number of methoxy groups -OCH3 is 1. The monoisotopic (exact) mass is 926 g/mol. The molecule has 4 aliphatic heterocycles. The number of benzene rings is 4. The normalized spacial score (nSPS) is 23.8. The molecule has 17 heteroatoms. The summed E-state index contributed by atoms with van der Waals surface area (Å²) < 4.78 is 25.6. The lowest BCUT2D eigenvalue weighted by Gasteiger charge is -2.39. The Morgan fingerprint density at radius 3 is 2.09 bits per heavy atom. The number of aliphatic hydroxyl groups excluding tert-OH is 1. The van der Waals surface area contributed by atoms with Crippen molar-refractivity contribution in [3.05, 3.63) is 126 Å². The van der Waals surface area contributed by atoms with Gasteiger partial charge in [-0.15, -0.1) is 5.10 Å². The maximum Gasteiger partial charge on any atom is 0.304 e. The number of ether oxygens (including phenoxy) is 4. The Bertz CT molecular complexity index is 2710. The number of aliphatic hydroxyl groups is 1. The van der Waals surface area contributed by atoms with Gasteiger partial charge in [0.15, 0.2) is 18.1 Å². The van der Waals surface area contributed by atoms with E-state index in [0.717, 1.165) is 22.1 Å². The van der Waals surface area contributed by atoms with Crippen LogP contribution in [0.15, 0.2) is 103 Å². The Labute approximate surface area is 389 Å². The molecular weight excluding hydrogens is 873 g/mol. The molecule has 7 atom stereocenters. The Morgan fingerprint density at radius 2 is 1.49 bits per heavy atom. The molecule has 0 radical (unpaired) electrons. The van der Waals surface area contributed by atoms with E-state index in [1.165, 1.54) is 23.6 Å². The lowest BCUT2D eigenvalue weighted by Crippen LogP contribution is -2.55. The molecular formula is C50H54N6O10Si. The van der Waals surface area contributed by atoms with Gasteiger partial charge in [0.05, 0.1) is 64.6 Å². The van der Waals surface area contributed by atoms with Crippen LogP contribution in [0.4, 0.5) is 17.1 Å². The third-order valence-corrected chi connectivity index (χ3v) is 18.4. The van der Waals surface area contributed by atoms with Gasteiger partial charge in [0.2, 0.25) is 11.8 Å². The summed E-state index contributed by atoms with van der Waals surface area (Å²) in [6.07, 6.45) is 0.568. The van der Waals surface area contributed by atoms with Gasteiger partial charge < -0.3 is 29.0 Å². The fourth-order valence-corrected chi connectivity index (χ4v) is 14.7. The van der Waals surface area contributed by atoms with Crippen LogP contribution < -0.4 is 24.6 Å². The van der Waals surface area contributed by atoms with E-state index in [4.69, 9.17) is 18.9 Å². The highest BCUT2D eigenvalue weighted by atomic mass is 28.3. The summed E-state index contributed by atoms with van der Waals surface area (Å²) in [4.78, 5) is 69.9. The minimum Gasteiger partial charge on any atom is -0.497 e. The zero-order chi connectivity index (χ0) is 47.4. The molecule has 1 N–H and O–H groups in total. The predicted octanol–water partition coefficient (Wildman–Crippen LogP) is 5.52. The first kappa shape index (κ1) is 45.5. The average molecular weight is 927 g/mol. The second-order valence-electron chi connectivity index (χ2n) is 18.3. The molecule has 5 heterocycles. The number of hydrogen-bond acceptors (Lipinski definition) is 12. The number of rotatable bonds is 15. The Hall–Kier alpha value is -6.69. The summed E-state index contributed by atoms with van der Waals surface area (Å²) in [6.45, 7) is 9.75. The molecule has 16 nitrogen and oxygen atoms in total. The van der Waals surface area contributed by atoms with Crippen molar-refractivity contribution in [2.45, 2.75) is 102 Å². The minimum absolute atomic E-state index is 0.0423. The number of hydrogen-bond donors (Lipinski definition) is 1. The zero-order valence-electron chi connectivity index (χ0n) is 38.3. The van der Waals surface area contributed by atoms with Crippen LogP contribution in [0.3, 0.4) is 0 Å². The first-order chi connectivity index (χ1) is 32.1. The molecule has 0 bridgehead atoms. The first-order valence-electron chi connectivity index (χ1n) is 22.6. The Morgan fingerprint density at radius 1 is 0.866 bits per heavy atom. The summed E-state index contributed by atoms with van der Waals surface area (Å²) in [5.74, 6) is -1.62. The predicted molar refractivity (Wildman–Crippen MR) is 249 cm³/mol. The smallest absolute Gasteiger partial charge is 0.304 e.